The van der Waals surface area contributed by atoms with Gasteiger partial charge in [-0.25, -0.2) is 4.39 Å². The third-order valence-corrected chi connectivity index (χ3v) is 3.80. The van der Waals surface area contributed by atoms with Crippen LogP contribution < -0.4 is 10.2 Å². The van der Waals surface area contributed by atoms with E-state index in [0.29, 0.717) is 5.69 Å². The molecule has 0 unspecified atom stereocenters. The lowest BCUT2D eigenvalue weighted by Gasteiger charge is -2.22. The summed E-state index contributed by atoms with van der Waals surface area (Å²) >= 11 is 3.57. The average Bonchev–Trinajstić information content (AvgIpc) is 2.45. The second-order valence-electron chi connectivity index (χ2n) is 4.58. The highest BCUT2D eigenvalue weighted by Gasteiger charge is 2.11. The molecule has 4 heteroatoms. The SMILES string of the molecule is CCNCc1ccc(N(C)c2ccccc2F)c(Br)c1. The first-order valence-electron chi connectivity index (χ1n) is 6.61. The maximum absolute atomic E-state index is 13.8. The van der Waals surface area contributed by atoms with E-state index >= 15 is 0 Å². The largest absolute Gasteiger partial charge is 0.341 e. The Kier molecular flexibility index (Phi) is 5.15. The van der Waals surface area contributed by atoms with Crippen molar-refractivity contribution in [2.45, 2.75) is 13.5 Å². The van der Waals surface area contributed by atoms with Crippen LogP contribution in [-0.4, -0.2) is 13.6 Å². The first-order chi connectivity index (χ1) is 9.63. The molecule has 0 spiro atoms. The van der Waals surface area contributed by atoms with Gasteiger partial charge in [-0.1, -0.05) is 25.1 Å². The van der Waals surface area contributed by atoms with Gasteiger partial charge in [-0.3, -0.25) is 0 Å². The molecule has 0 radical (unpaired) electrons. The molecule has 0 fully saturated rings. The Morgan fingerprint density at radius 1 is 1.15 bits per heavy atom. The molecule has 2 aromatic rings. The minimum absolute atomic E-state index is 0.223. The molecule has 20 heavy (non-hydrogen) atoms. The topological polar surface area (TPSA) is 15.3 Å². The minimum Gasteiger partial charge on any atom is -0.341 e. The Bertz CT molecular complexity index is 586. The summed E-state index contributed by atoms with van der Waals surface area (Å²) in [5.41, 5.74) is 2.70. The van der Waals surface area contributed by atoms with Gasteiger partial charge in [0.15, 0.2) is 0 Å². The van der Waals surface area contributed by atoms with Crippen LogP contribution in [0.1, 0.15) is 12.5 Å². The lowest BCUT2D eigenvalue weighted by atomic mass is 10.2. The van der Waals surface area contributed by atoms with Crippen LogP contribution >= 0.6 is 15.9 Å². The molecule has 0 saturated heterocycles. The van der Waals surface area contributed by atoms with Gasteiger partial charge in [0.2, 0.25) is 0 Å². The van der Waals surface area contributed by atoms with Gasteiger partial charge in [-0.05, 0) is 52.3 Å². The molecule has 0 atom stereocenters. The van der Waals surface area contributed by atoms with Crippen molar-refractivity contribution in [1.82, 2.24) is 5.32 Å². The van der Waals surface area contributed by atoms with E-state index in [1.54, 1.807) is 12.1 Å². The highest BCUT2D eigenvalue weighted by Crippen LogP contribution is 2.32. The van der Waals surface area contributed by atoms with E-state index in [4.69, 9.17) is 0 Å². The molecule has 2 aromatic carbocycles. The Morgan fingerprint density at radius 3 is 2.55 bits per heavy atom. The average molecular weight is 337 g/mol. The predicted octanol–water partition coefficient (Wildman–Crippen LogP) is 4.47. The number of anilines is 2. The quantitative estimate of drug-likeness (QED) is 0.866. The molecular weight excluding hydrogens is 319 g/mol. The molecule has 0 saturated carbocycles. The fraction of sp³-hybridized carbons (Fsp3) is 0.250. The van der Waals surface area contributed by atoms with Crippen molar-refractivity contribution in [3.8, 4) is 0 Å². The Hall–Kier alpha value is -1.39. The monoisotopic (exact) mass is 336 g/mol. The first-order valence-corrected chi connectivity index (χ1v) is 7.40. The zero-order valence-electron chi connectivity index (χ0n) is 11.7. The molecule has 0 aliphatic carbocycles. The number of hydrogen-bond donors (Lipinski definition) is 1. The number of hydrogen-bond acceptors (Lipinski definition) is 2. The van der Waals surface area contributed by atoms with Crippen molar-refractivity contribution >= 4 is 27.3 Å². The Morgan fingerprint density at radius 2 is 1.90 bits per heavy atom. The van der Waals surface area contributed by atoms with E-state index in [-0.39, 0.29) is 5.82 Å². The molecule has 0 bridgehead atoms. The van der Waals surface area contributed by atoms with Crippen LogP contribution in [0.5, 0.6) is 0 Å². The second kappa shape index (κ2) is 6.86. The third-order valence-electron chi connectivity index (χ3n) is 3.17. The van der Waals surface area contributed by atoms with Gasteiger partial charge in [0.05, 0.1) is 11.4 Å². The van der Waals surface area contributed by atoms with Crippen LogP contribution in [-0.2, 0) is 6.54 Å². The summed E-state index contributed by atoms with van der Waals surface area (Å²) in [6.07, 6.45) is 0. The summed E-state index contributed by atoms with van der Waals surface area (Å²) in [6.45, 7) is 3.85. The molecule has 1 N–H and O–H groups in total. The van der Waals surface area contributed by atoms with Crippen LogP contribution in [0, 0.1) is 5.82 Å². The van der Waals surface area contributed by atoms with E-state index in [2.05, 4.69) is 40.3 Å². The zero-order valence-corrected chi connectivity index (χ0v) is 13.2. The Balaban J connectivity index is 2.27. The normalized spacial score (nSPS) is 10.6. The molecule has 106 valence electrons. The number of para-hydroxylation sites is 1. The van der Waals surface area contributed by atoms with Gasteiger partial charge < -0.3 is 10.2 Å². The summed E-state index contributed by atoms with van der Waals surface area (Å²) in [6, 6.07) is 12.9. The lowest BCUT2D eigenvalue weighted by Crippen LogP contribution is -2.14. The highest BCUT2D eigenvalue weighted by molar-refractivity contribution is 9.10. The fourth-order valence-electron chi connectivity index (χ4n) is 2.06. The standard InChI is InChI=1S/C16H18BrFN2/c1-3-19-11-12-8-9-15(13(17)10-12)20(2)16-7-5-4-6-14(16)18/h4-10,19H,3,11H2,1-2H3. The van der Waals surface area contributed by atoms with E-state index in [0.717, 1.165) is 23.2 Å². The predicted molar refractivity (Wildman–Crippen MR) is 86.0 cm³/mol. The van der Waals surface area contributed by atoms with Gasteiger partial charge in [-0.15, -0.1) is 0 Å². The van der Waals surface area contributed by atoms with E-state index in [1.165, 1.54) is 11.6 Å². The Labute approximate surface area is 127 Å². The van der Waals surface area contributed by atoms with Crippen LogP contribution in [0.4, 0.5) is 15.8 Å². The lowest BCUT2D eigenvalue weighted by molar-refractivity contribution is 0.627. The number of rotatable bonds is 5. The van der Waals surface area contributed by atoms with Gasteiger partial charge in [-0.2, -0.15) is 0 Å². The van der Waals surface area contributed by atoms with Gasteiger partial charge >= 0.3 is 0 Å². The van der Waals surface area contributed by atoms with Crippen molar-refractivity contribution in [1.29, 1.82) is 0 Å². The molecular formula is C16H18BrFN2. The van der Waals surface area contributed by atoms with Crippen LogP contribution in [0.2, 0.25) is 0 Å². The van der Waals surface area contributed by atoms with E-state index in [1.807, 2.05) is 24.1 Å². The van der Waals surface area contributed by atoms with Gasteiger partial charge in [0.25, 0.3) is 0 Å². The molecule has 0 amide bonds. The van der Waals surface area contributed by atoms with Crippen LogP contribution in [0.3, 0.4) is 0 Å². The second-order valence-corrected chi connectivity index (χ2v) is 5.43. The molecule has 0 aromatic heterocycles. The van der Waals surface area contributed by atoms with Crippen molar-refractivity contribution in [3.63, 3.8) is 0 Å². The summed E-state index contributed by atoms with van der Waals surface area (Å²) in [7, 11) is 1.86. The van der Waals surface area contributed by atoms with Gasteiger partial charge in [0, 0.05) is 18.1 Å². The summed E-state index contributed by atoms with van der Waals surface area (Å²) in [4.78, 5) is 1.84. The molecule has 2 nitrogen and oxygen atoms in total. The summed E-state index contributed by atoms with van der Waals surface area (Å²) in [5.74, 6) is -0.223. The minimum atomic E-state index is -0.223. The number of nitrogens with zero attached hydrogens (tertiary/aromatic N) is 1. The third kappa shape index (κ3) is 3.38. The van der Waals surface area contributed by atoms with Crippen LogP contribution in [0.15, 0.2) is 46.9 Å². The van der Waals surface area contributed by atoms with Crippen molar-refractivity contribution in [3.05, 3.63) is 58.3 Å². The van der Waals surface area contributed by atoms with Crippen molar-refractivity contribution < 1.29 is 4.39 Å². The highest BCUT2D eigenvalue weighted by atomic mass is 79.9. The zero-order chi connectivity index (χ0) is 14.5. The smallest absolute Gasteiger partial charge is 0.146 e. The number of nitrogens with one attached hydrogen (secondary N) is 1. The maximum atomic E-state index is 13.8. The molecule has 2 rings (SSSR count). The molecule has 0 aliphatic rings. The summed E-state index contributed by atoms with van der Waals surface area (Å²) < 4.78 is 14.8. The van der Waals surface area contributed by atoms with E-state index in [9.17, 15) is 4.39 Å². The molecule has 0 aliphatic heterocycles. The number of halogens is 2. The van der Waals surface area contributed by atoms with Gasteiger partial charge in [0.1, 0.15) is 5.82 Å². The van der Waals surface area contributed by atoms with Crippen LogP contribution in [0.25, 0.3) is 0 Å². The van der Waals surface area contributed by atoms with Crippen molar-refractivity contribution in [2.75, 3.05) is 18.5 Å². The van der Waals surface area contributed by atoms with E-state index < -0.39 is 0 Å². The maximum Gasteiger partial charge on any atom is 0.146 e. The van der Waals surface area contributed by atoms with Crippen molar-refractivity contribution in [2.24, 2.45) is 0 Å². The summed E-state index contributed by atoms with van der Waals surface area (Å²) in [5, 5.41) is 3.29. The fourth-order valence-corrected chi connectivity index (χ4v) is 2.75. The first kappa shape index (κ1) is 15.0. The number of benzene rings is 2. The molecule has 0 heterocycles.